The smallest absolute Gasteiger partial charge is 0.180 e. The van der Waals surface area contributed by atoms with Crippen LogP contribution in [0.15, 0.2) is 17.0 Å². The van der Waals surface area contributed by atoms with E-state index in [1.54, 1.807) is 16.8 Å². The van der Waals surface area contributed by atoms with Crippen LogP contribution in [0.3, 0.4) is 0 Å². The van der Waals surface area contributed by atoms with Crippen LogP contribution in [0.25, 0.3) is 5.65 Å². The van der Waals surface area contributed by atoms with Gasteiger partial charge in [0.15, 0.2) is 11.5 Å². The first-order chi connectivity index (χ1) is 7.72. The Morgan fingerprint density at radius 3 is 3.06 bits per heavy atom. The molecule has 0 atom stereocenters. The lowest BCUT2D eigenvalue weighted by Gasteiger charge is -1.99. The highest BCUT2D eigenvalue weighted by Gasteiger charge is 2.06. The van der Waals surface area contributed by atoms with E-state index in [9.17, 15) is 0 Å². The van der Waals surface area contributed by atoms with Crippen LogP contribution in [-0.2, 0) is 0 Å². The minimum Gasteiger partial charge on any atom is -0.381 e. The molecule has 0 aliphatic heterocycles. The van der Waals surface area contributed by atoms with E-state index in [2.05, 4.69) is 37.7 Å². The topological polar surface area (TPSA) is 82.2 Å². The summed E-state index contributed by atoms with van der Waals surface area (Å²) in [6, 6.07) is 0. The maximum absolute atomic E-state index is 5.73. The third kappa shape index (κ3) is 2.01. The van der Waals surface area contributed by atoms with Gasteiger partial charge in [0.1, 0.15) is 10.3 Å². The number of nitrogens with zero attached hydrogens (tertiary/aromatic N) is 3. The lowest BCUT2D eigenvalue weighted by atomic mass is 10.4. The molecule has 4 N–H and O–H groups in total. The van der Waals surface area contributed by atoms with Crippen molar-refractivity contribution in [1.82, 2.24) is 14.4 Å². The van der Waals surface area contributed by atoms with Crippen LogP contribution in [0.1, 0.15) is 12.1 Å². The Bertz CT molecular complexity index is 578. The van der Waals surface area contributed by atoms with Crippen molar-refractivity contribution in [2.24, 2.45) is 5.73 Å². The van der Waals surface area contributed by atoms with Crippen molar-refractivity contribution in [3.05, 3.63) is 22.7 Å². The number of aromatic nitrogens is 3. The van der Waals surface area contributed by atoms with Crippen molar-refractivity contribution in [3.8, 4) is 11.8 Å². The second-order valence-corrected chi connectivity index (χ2v) is 3.94. The number of anilines is 1. The highest BCUT2D eigenvalue weighted by Crippen LogP contribution is 2.15. The fourth-order valence-electron chi connectivity index (χ4n) is 1.30. The van der Waals surface area contributed by atoms with Gasteiger partial charge in [0.2, 0.25) is 0 Å². The molecule has 0 saturated heterocycles. The molecule has 0 radical (unpaired) electrons. The van der Waals surface area contributed by atoms with Gasteiger partial charge in [-0.05, 0) is 21.9 Å². The first-order valence-electron chi connectivity index (χ1n) is 4.70. The molecule has 0 aliphatic rings. The molecule has 6 heteroatoms. The van der Waals surface area contributed by atoms with Crippen molar-refractivity contribution in [2.45, 2.75) is 6.42 Å². The molecule has 2 aromatic heterocycles. The Balaban J connectivity index is 2.53. The zero-order valence-corrected chi connectivity index (χ0v) is 10.0. The molecule has 2 rings (SSSR count). The van der Waals surface area contributed by atoms with Crippen molar-refractivity contribution in [3.63, 3.8) is 0 Å². The van der Waals surface area contributed by atoms with E-state index in [0.29, 0.717) is 29.0 Å². The molecule has 0 bridgehead atoms. The summed E-state index contributed by atoms with van der Waals surface area (Å²) in [7, 11) is 0. The molecule has 0 fully saturated rings. The summed E-state index contributed by atoms with van der Waals surface area (Å²) >= 11 is 3.28. The number of nitrogens with two attached hydrogens (primary N) is 2. The molecule has 0 unspecified atom stereocenters. The summed E-state index contributed by atoms with van der Waals surface area (Å²) in [6.07, 6.45) is 4.11. The minimum absolute atomic E-state index is 0.376. The van der Waals surface area contributed by atoms with E-state index < -0.39 is 0 Å². The Morgan fingerprint density at radius 1 is 1.50 bits per heavy atom. The highest BCUT2D eigenvalue weighted by molar-refractivity contribution is 9.10. The van der Waals surface area contributed by atoms with E-state index in [0.717, 1.165) is 5.69 Å². The van der Waals surface area contributed by atoms with Gasteiger partial charge in [0.25, 0.3) is 0 Å². The molecule has 0 aromatic carbocycles. The van der Waals surface area contributed by atoms with Gasteiger partial charge in [-0.15, -0.1) is 0 Å². The Hall–Kier alpha value is -1.58. The molecule has 0 saturated carbocycles. The highest BCUT2D eigenvalue weighted by atomic mass is 79.9. The van der Waals surface area contributed by atoms with E-state index in [1.807, 2.05) is 0 Å². The van der Waals surface area contributed by atoms with Crippen LogP contribution >= 0.6 is 15.9 Å². The standard InChI is InChI=1S/C10H10BrN5/c11-8-6-16-7(3-1-2-4-12)5-14-10(16)9(13)15-8/h5-6H,2,4,12H2,(H2,13,15). The van der Waals surface area contributed by atoms with Crippen molar-refractivity contribution >= 4 is 27.4 Å². The minimum atomic E-state index is 0.376. The van der Waals surface area contributed by atoms with Crippen LogP contribution in [0.4, 0.5) is 5.82 Å². The molecule has 2 heterocycles. The molecule has 5 nitrogen and oxygen atoms in total. The zero-order valence-electron chi connectivity index (χ0n) is 8.44. The number of halogens is 1. The summed E-state index contributed by atoms with van der Waals surface area (Å²) in [5.74, 6) is 6.32. The average molecular weight is 280 g/mol. The normalized spacial score (nSPS) is 10.1. The quantitative estimate of drug-likeness (QED) is 0.756. The monoisotopic (exact) mass is 279 g/mol. The van der Waals surface area contributed by atoms with Gasteiger partial charge in [0, 0.05) is 19.2 Å². The molecular formula is C10H10BrN5. The van der Waals surface area contributed by atoms with Crippen molar-refractivity contribution in [1.29, 1.82) is 0 Å². The number of fused-ring (bicyclic) bond motifs is 1. The van der Waals surface area contributed by atoms with Gasteiger partial charge in [-0.3, -0.25) is 4.40 Å². The van der Waals surface area contributed by atoms with Crippen LogP contribution in [0.2, 0.25) is 0 Å². The first-order valence-corrected chi connectivity index (χ1v) is 5.49. The van der Waals surface area contributed by atoms with Gasteiger partial charge < -0.3 is 11.5 Å². The predicted octanol–water partition coefficient (Wildman–Crippen LogP) is 0.774. The first kappa shape index (κ1) is 10.9. The Morgan fingerprint density at radius 2 is 2.31 bits per heavy atom. The van der Waals surface area contributed by atoms with E-state index in [1.165, 1.54) is 0 Å². The fraction of sp³-hybridized carbons (Fsp3) is 0.200. The van der Waals surface area contributed by atoms with E-state index >= 15 is 0 Å². The molecular weight excluding hydrogens is 270 g/mol. The Labute approximate surface area is 101 Å². The third-order valence-electron chi connectivity index (χ3n) is 1.97. The summed E-state index contributed by atoms with van der Waals surface area (Å²) in [6.45, 7) is 0.553. The van der Waals surface area contributed by atoms with Crippen LogP contribution in [-0.4, -0.2) is 20.9 Å². The second kappa shape index (κ2) is 4.51. The number of hydrogen-bond acceptors (Lipinski definition) is 4. The molecule has 16 heavy (non-hydrogen) atoms. The lowest BCUT2D eigenvalue weighted by Crippen LogP contribution is -1.98. The summed E-state index contributed by atoms with van der Waals surface area (Å²) in [4.78, 5) is 8.21. The predicted molar refractivity (Wildman–Crippen MR) is 65.6 cm³/mol. The average Bonchev–Trinajstić information content (AvgIpc) is 2.62. The van der Waals surface area contributed by atoms with Crippen LogP contribution < -0.4 is 11.5 Å². The van der Waals surface area contributed by atoms with Gasteiger partial charge in [-0.25, -0.2) is 9.97 Å². The SMILES string of the molecule is NCCC#Cc1cnc2c(N)nc(Br)cn12. The second-order valence-electron chi connectivity index (χ2n) is 3.13. The van der Waals surface area contributed by atoms with Gasteiger partial charge in [0.05, 0.1) is 6.20 Å². The molecule has 0 spiro atoms. The summed E-state index contributed by atoms with van der Waals surface area (Å²) < 4.78 is 2.45. The molecule has 82 valence electrons. The van der Waals surface area contributed by atoms with Crippen molar-refractivity contribution < 1.29 is 0 Å². The molecule has 0 amide bonds. The molecule has 0 aliphatic carbocycles. The van der Waals surface area contributed by atoms with Gasteiger partial charge >= 0.3 is 0 Å². The number of nitrogen functional groups attached to an aromatic ring is 1. The maximum Gasteiger partial charge on any atom is 0.180 e. The van der Waals surface area contributed by atoms with E-state index in [4.69, 9.17) is 11.5 Å². The number of rotatable bonds is 1. The van der Waals surface area contributed by atoms with Gasteiger partial charge in [-0.1, -0.05) is 5.92 Å². The van der Waals surface area contributed by atoms with E-state index in [-0.39, 0.29) is 0 Å². The largest absolute Gasteiger partial charge is 0.381 e. The zero-order chi connectivity index (χ0) is 11.5. The summed E-state index contributed by atoms with van der Waals surface area (Å²) in [5, 5.41) is 0. The van der Waals surface area contributed by atoms with Gasteiger partial charge in [-0.2, -0.15) is 0 Å². The maximum atomic E-state index is 5.73. The summed E-state index contributed by atoms with van der Waals surface area (Å²) in [5.41, 5.74) is 12.5. The lowest BCUT2D eigenvalue weighted by molar-refractivity contribution is 1.03. The number of hydrogen-bond donors (Lipinski definition) is 2. The van der Waals surface area contributed by atoms with Crippen LogP contribution in [0, 0.1) is 11.8 Å². The van der Waals surface area contributed by atoms with Crippen LogP contribution in [0.5, 0.6) is 0 Å². The molecule has 2 aromatic rings. The fourth-order valence-corrected chi connectivity index (χ4v) is 1.69. The Kier molecular flexibility index (Phi) is 3.08. The van der Waals surface area contributed by atoms with Crippen molar-refractivity contribution in [2.75, 3.05) is 12.3 Å². The number of imidazole rings is 1. The third-order valence-corrected chi connectivity index (χ3v) is 2.36.